The highest BCUT2D eigenvalue weighted by atomic mass is 35.5. The highest BCUT2D eigenvalue weighted by Crippen LogP contribution is 2.16. The zero-order valence-corrected chi connectivity index (χ0v) is 15.1. The maximum Gasteiger partial charge on any atom is 0.274 e. The van der Waals surface area contributed by atoms with E-state index in [0.29, 0.717) is 29.6 Å². The number of carbonyl (C=O) groups excluding carboxylic acids is 1. The molecule has 0 aliphatic heterocycles. The highest BCUT2D eigenvalue weighted by Gasteiger charge is 2.14. The van der Waals surface area contributed by atoms with E-state index in [0.717, 1.165) is 11.1 Å². The molecule has 0 bridgehead atoms. The summed E-state index contributed by atoms with van der Waals surface area (Å²) in [5.74, 6) is 0.422. The molecule has 0 saturated carbocycles. The minimum absolute atomic E-state index is 0.168. The Morgan fingerprint density at radius 1 is 1.00 bits per heavy atom. The smallest absolute Gasteiger partial charge is 0.274 e. The van der Waals surface area contributed by atoms with Gasteiger partial charge in [-0.2, -0.15) is 0 Å². The van der Waals surface area contributed by atoms with Gasteiger partial charge in [0, 0.05) is 25.2 Å². The monoisotopic (exact) mass is 366 g/mol. The number of benzene rings is 2. The summed E-state index contributed by atoms with van der Waals surface area (Å²) in [6, 6.07) is 20.8. The Hall–Kier alpha value is -2.92. The van der Waals surface area contributed by atoms with E-state index in [-0.39, 0.29) is 5.91 Å². The molecule has 0 fully saturated rings. The van der Waals surface area contributed by atoms with Crippen molar-refractivity contribution in [2.24, 2.45) is 0 Å². The quantitative estimate of drug-likeness (QED) is 0.716. The number of amides is 1. The topological polar surface area (TPSA) is 58.1 Å². The molecule has 1 heterocycles. The molecule has 0 atom stereocenters. The predicted molar refractivity (Wildman–Crippen MR) is 103 cm³/mol. The van der Waals surface area contributed by atoms with Crippen molar-refractivity contribution >= 4 is 23.3 Å². The fourth-order valence-electron chi connectivity index (χ4n) is 2.49. The number of hydrogen-bond donors (Lipinski definition) is 1. The molecule has 0 unspecified atom stereocenters. The molecule has 1 N–H and O–H groups in total. The zero-order valence-electron chi connectivity index (χ0n) is 14.4. The van der Waals surface area contributed by atoms with Crippen molar-refractivity contribution in [2.45, 2.75) is 13.1 Å². The van der Waals surface area contributed by atoms with Crippen LogP contribution in [-0.2, 0) is 13.1 Å². The van der Waals surface area contributed by atoms with E-state index in [1.165, 1.54) is 0 Å². The molecule has 3 aromatic rings. The Kier molecular flexibility index (Phi) is 5.81. The number of rotatable bonds is 6. The fraction of sp³-hybridized carbons (Fsp3) is 0.150. The van der Waals surface area contributed by atoms with E-state index in [2.05, 4.69) is 15.5 Å². The number of nitrogens with zero attached hydrogens (tertiary/aromatic N) is 3. The highest BCUT2D eigenvalue weighted by molar-refractivity contribution is 6.31. The Bertz CT molecular complexity index is 868. The van der Waals surface area contributed by atoms with Crippen LogP contribution in [0, 0.1) is 0 Å². The van der Waals surface area contributed by atoms with Gasteiger partial charge in [-0.05, 0) is 29.3 Å². The zero-order chi connectivity index (χ0) is 18.4. The lowest BCUT2D eigenvalue weighted by Crippen LogP contribution is -2.27. The van der Waals surface area contributed by atoms with Crippen LogP contribution in [0.1, 0.15) is 21.6 Å². The molecular formula is C20H19ClN4O. The summed E-state index contributed by atoms with van der Waals surface area (Å²) in [6.45, 7) is 1.06. The van der Waals surface area contributed by atoms with Gasteiger partial charge in [0.2, 0.25) is 0 Å². The summed E-state index contributed by atoms with van der Waals surface area (Å²) in [5, 5.41) is 12.0. The number of nitrogens with one attached hydrogen (secondary N) is 1. The Morgan fingerprint density at radius 3 is 2.42 bits per heavy atom. The normalized spacial score (nSPS) is 10.4. The molecular weight excluding hydrogens is 348 g/mol. The predicted octanol–water partition coefficient (Wildman–Crippen LogP) is 4.01. The number of halogens is 1. The van der Waals surface area contributed by atoms with Gasteiger partial charge in [-0.15, -0.1) is 10.2 Å². The summed E-state index contributed by atoms with van der Waals surface area (Å²) in [5.41, 5.74) is 2.35. The summed E-state index contributed by atoms with van der Waals surface area (Å²) in [6.07, 6.45) is 0. The second-order valence-corrected chi connectivity index (χ2v) is 6.30. The molecule has 1 amide bonds. The van der Waals surface area contributed by atoms with Crippen LogP contribution in [0.5, 0.6) is 0 Å². The van der Waals surface area contributed by atoms with Crippen molar-refractivity contribution in [3.8, 4) is 0 Å². The molecule has 6 heteroatoms. The summed E-state index contributed by atoms with van der Waals surface area (Å²) in [7, 11) is 1.75. The van der Waals surface area contributed by atoms with E-state index in [1.807, 2.05) is 54.6 Å². The molecule has 0 aliphatic carbocycles. The first-order chi connectivity index (χ1) is 12.6. The van der Waals surface area contributed by atoms with Crippen LogP contribution < -0.4 is 5.32 Å². The Labute approximate surface area is 157 Å². The van der Waals surface area contributed by atoms with Crippen LogP contribution in [0.4, 0.5) is 5.82 Å². The van der Waals surface area contributed by atoms with Crippen molar-refractivity contribution in [3.63, 3.8) is 0 Å². The van der Waals surface area contributed by atoms with Gasteiger partial charge in [0.15, 0.2) is 5.69 Å². The van der Waals surface area contributed by atoms with Gasteiger partial charge in [-0.3, -0.25) is 4.79 Å². The second-order valence-electron chi connectivity index (χ2n) is 5.90. The second kappa shape index (κ2) is 8.45. The van der Waals surface area contributed by atoms with E-state index in [1.54, 1.807) is 24.1 Å². The molecule has 1 aromatic heterocycles. The molecule has 0 spiro atoms. The van der Waals surface area contributed by atoms with Crippen molar-refractivity contribution < 1.29 is 4.79 Å². The third kappa shape index (κ3) is 4.58. The lowest BCUT2D eigenvalue weighted by molar-refractivity contribution is 0.0778. The van der Waals surface area contributed by atoms with E-state index in [9.17, 15) is 4.79 Å². The van der Waals surface area contributed by atoms with E-state index >= 15 is 0 Å². The molecule has 5 nitrogen and oxygen atoms in total. The fourth-order valence-corrected chi connectivity index (χ4v) is 2.70. The molecule has 2 aromatic carbocycles. The van der Waals surface area contributed by atoms with Crippen molar-refractivity contribution in [2.75, 3.05) is 12.4 Å². The number of hydrogen-bond acceptors (Lipinski definition) is 4. The third-order valence-corrected chi connectivity index (χ3v) is 4.28. The number of anilines is 1. The Morgan fingerprint density at radius 2 is 1.73 bits per heavy atom. The molecule has 132 valence electrons. The van der Waals surface area contributed by atoms with Crippen LogP contribution in [0.15, 0.2) is 66.7 Å². The average molecular weight is 367 g/mol. The van der Waals surface area contributed by atoms with Gasteiger partial charge in [-0.1, -0.05) is 60.1 Å². The number of aromatic nitrogens is 2. The van der Waals surface area contributed by atoms with E-state index < -0.39 is 0 Å². The molecule has 3 rings (SSSR count). The van der Waals surface area contributed by atoms with Gasteiger partial charge in [0.1, 0.15) is 5.82 Å². The SMILES string of the molecule is CN(Cc1ccccc1)C(=O)c1ccc(NCc2ccccc2Cl)nn1. The van der Waals surface area contributed by atoms with Gasteiger partial charge in [-0.25, -0.2) is 0 Å². The van der Waals surface area contributed by atoms with Gasteiger partial charge < -0.3 is 10.2 Å². The number of carbonyl (C=O) groups is 1. The van der Waals surface area contributed by atoms with Crippen LogP contribution in [0.25, 0.3) is 0 Å². The first-order valence-corrected chi connectivity index (χ1v) is 8.61. The lowest BCUT2D eigenvalue weighted by Gasteiger charge is -2.16. The molecule has 0 aliphatic rings. The lowest BCUT2D eigenvalue weighted by atomic mass is 10.2. The van der Waals surface area contributed by atoms with Crippen LogP contribution in [-0.4, -0.2) is 28.1 Å². The minimum Gasteiger partial charge on any atom is -0.364 e. The Balaban J connectivity index is 1.60. The summed E-state index contributed by atoms with van der Waals surface area (Å²) < 4.78 is 0. The average Bonchev–Trinajstić information content (AvgIpc) is 2.68. The maximum absolute atomic E-state index is 12.5. The van der Waals surface area contributed by atoms with Crippen LogP contribution in [0.3, 0.4) is 0 Å². The van der Waals surface area contributed by atoms with Crippen molar-refractivity contribution in [1.82, 2.24) is 15.1 Å². The first kappa shape index (κ1) is 17.9. The molecule has 26 heavy (non-hydrogen) atoms. The van der Waals surface area contributed by atoms with Crippen LogP contribution in [0.2, 0.25) is 5.02 Å². The third-order valence-electron chi connectivity index (χ3n) is 3.91. The largest absolute Gasteiger partial charge is 0.364 e. The van der Waals surface area contributed by atoms with E-state index in [4.69, 9.17) is 11.6 Å². The first-order valence-electron chi connectivity index (χ1n) is 8.24. The van der Waals surface area contributed by atoms with Gasteiger partial charge in [0.05, 0.1) is 0 Å². The van der Waals surface area contributed by atoms with Crippen LogP contribution >= 0.6 is 11.6 Å². The summed E-state index contributed by atoms with van der Waals surface area (Å²) >= 11 is 6.13. The maximum atomic E-state index is 12.5. The van der Waals surface area contributed by atoms with Gasteiger partial charge in [0.25, 0.3) is 5.91 Å². The molecule has 0 radical (unpaired) electrons. The van der Waals surface area contributed by atoms with Crippen molar-refractivity contribution in [1.29, 1.82) is 0 Å². The van der Waals surface area contributed by atoms with Crippen molar-refractivity contribution in [3.05, 3.63) is 88.6 Å². The summed E-state index contributed by atoms with van der Waals surface area (Å²) in [4.78, 5) is 14.1. The molecule has 0 saturated heterocycles. The van der Waals surface area contributed by atoms with Gasteiger partial charge >= 0.3 is 0 Å². The minimum atomic E-state index is -0.168. The standard InChI is InChI=1S/C20H19ClN4O/c1-25(14-15-7-3-2-4-8-15)20(26)18-11-12-19(24-23-18)22-13-16-9-5-6-10-17(16)21/h2-12H,13-14H2,1H3,(H,22,24).